The largest absolute Gasteiger partial charge is 0.383 e. The van der Waals surface area contributed by atoms with Crippen LogP contribution in [0.5, 0.6) is 0 Å². The Kier molecular flexibility index (Phi) is 5.17. The predicted octanol–water partition coefficient (Wildman–Crippen LogP) is 4.12. The molecule has 110 valence electrons. The molecule has 0 aliphatic carbocycles. The number of rotatable bonds is 5. The number of anilines is 2. The Labute approximate surface area is 129 Å². The molecule has 1 aromatic carbocycles. The first-order valence-corrected chi connectivity index (χ1v) is 7.25. The second-order valence-corrected chi connectivity index (χ2v) is 5.12. The van der Waals surface area contributed by atoms with Gasteiger partial charge in [-0.3, -0.25) is 9.78 Å². The number of nitrogens with one attached hydrogen (secondary N) is 2. The zero-order chi connectivity index (χ0) is 15.2. The first-order valence-electron chi connectivity index (χ1n) is 6.87. The summed E-state index contributed by atoms with van der Waals surface area (Å²) in [7, 11) is 0. The smallest absolute Gasteiger partial charge is 0.257 e. The van der Waals surface area contributed by atoms with E-state index in [9.17, 15) is 4.79 Å². The van der Waals surface area contributed by atoms with Gasteiger partial charge >= 0.3 is 0 Å². The number of nitrogens with zero attached hydrogens (tertiary/aromatic N) is 1. The van der Waals surface area contributed by atoms with Crippen molar-refractivity contribution < 1.29 is 4.79 Å². The highest BCUT2D eigenvalue weighted by Crippen LogP contribution is 2.24. The Morgan fingerprint density at radius 2 is 2.10 bits per heavy atom. The number of carbonyl (C=O) groups is 1. The number of hydrogen-bond acceptors (Lipinski definition) is 3. The Morgan fingerprint density at radius 3 is 2.86 bits per heavy atom. The number of pyridine rings is 1. The second-order valence-electron chi connectivity index (χ2n) is 4.71. The molecule has 5 heteroatoms. The number of amides is 1. The van der Waals surface area contributed by atoms with Crippen LogP contribution in [0, 0.1) is 6.92 Å². The minimum absolute atomic E-state index is 0.179. The van der Waals surface area contributed by atoms with Crippen molar-refractivity contribution in [2.45, 2.75) is 20.3 Å². The summed E-state index contributed by atoms with van der Waals surface area (Å²) in [5, 5.41) is 6.73. The van der Waals surface area contributed by atoms with Crippen LogP contribution >= 0.6 is 11.6 Å². The van der Waals surface area contributed by atoms with Gasteiger partial charge in [0.2, 0.25) is 0 Å². The average Bonchev–Trinajstić information content (AvgIpc) is 2.50. The first kappa shape index (κ1) is 15.3. The standard InChI is InChI=1S/C16H18ClN3O/c1-3-8-19-15-10-18-9-7-12(15)16(21)20-14-6-4-5-13(17)11(14)2/h4-7,9-10,19H,3,8H2,1-2H3,(H,20,21). The van der Waals surface area contributed by atoms with Crippen molar-refractivity contribution in [3.63, 3.8) is 0 Å². The number of hydrogen-bond donors (Lipinski definition) is 2. The molecule has 0 aliphatic rings. The van der Waals surface area contributed by atoms with Gasteiger partial charge in [-0.2, -0.15) is 0 Å². The fourth-order valence-electron chi connectivity index (χ4n) is 1.93. The van der Waals surface area contributed by atoms with Gasteiger partial charge in [0.25, 0.3) is 5.91 Å². The van der Waals surface area contributed by atoms with Crippen LogP contribution in [0.4, 0.5) is 11.4 Å². The third-order valence-electron chi connectivity index (χ3n) is 3.15. The second kappa shape index (κ2) is 7.09. The fourth-order valence-corrected chi connectivity index (χ4v) is 2.10. The molecule has 0 aliphatic heterocycles. The Hall–Kier alpha value is -2.07. The highest BCUT2D eigenvalue weighted by molar-refractivity contribution is 6.31. The Bertz CT molecular complexity index is 643. The SMILES string of the molecule is CCCNc1cnccc1C(=O)Nc1cccc(Cl)c1C. The highest BCUT2D eigenvalue weighted by atomic mass is 35.5. The molecule has 21 heavy (non-hydrogen) atoms. The van der Waals surface area contributed by atoms with Crippen molar-refractivity contribution in [3.8, 4) is 0 Å². The van der Waals surface area contributed by atoms with Gasteiger partial charge in [-0.1, -0.05) is 24.6 Å². The molecule has 0 saturated carbocycles. The highest BCUT2D eigenvalue weighted by Gasteiger charge is 2.13. The molecule has 4 nitrogen and oxygen atoms in total. The van der Waals surface area contributed by atoms with Crippen LogP contribution in [0.15, 0.2) is 36.7 Å². The van der Waals surface area contributed by atoms with E-state index in [4.69, 9.17) is 11.6 Å². The third kappa shape index (κ3) is 3.73. The number of benzene rings is 1. The molecule has 2 aromatic rings. The maximum Gasteiger partial charge on any atom is 0.257 e. The van der Waals surface area contributed by atoms with Gasteiger partial charge in [-0.15, -0.1) is 0 Å². The van der Waals surface area contributed by atoms with Gasteiger partial charge in [0, 0.05) is 23.5 Å². The van der Waals surface area contributed by atoms with Crippen LogP contribution in [0.3, 0.4) is 0 Å². The molecule has 1 amide bonds. The molecule has 0 fully saturated rings. The Morgan fingerprint density at radius 1 is 1.29 bits per heavy atom. The zero-order valence-corrected chi connectivity index (χ0v) is 12.9. The van der Waals surface area contributed by atoms with Crippen molar-refractivity contribution in [3.05, 3.63) is 52.8 Å². The van der Waals surface area contributed by atoms with E-state index >= 15 is 0 Å². The summed E-state index contributed by atoms with van der Waals surface area (Å²) in [6.45, 7) is 4.74. The lowest BCUT2D eigenvalue weighted by Crippen LogP contribution is -2.16. The Balaban J connectivity index is 2.22. The first-order chi connectivity index (χ1) is 10.1. The molecule has 2 N–H and O–H groups in total. The summed E-state index contributed by atoms with van der Waals surface area (Å²) in [6, 6.07) is 7.15. The van der Waals surface area contributed by atoms with E-state index in [2.05, 4.69) is 22.5 Å². The molecule has 0 unspecified atom stereocenters. The summed E-state index contributed by atoms with van der Waals surface area (Å²) in [4.78, 5) is 16.5. The lowest BCUT2D eigenvalue weighted by Gasteiger charge is -2.13. The topological polar surface area (TPSA) is 54.0 Å². The van der Waals surface area contributed by atoms with Crippen LogP contribution in [-0.4, -0.2) is 17.4 Å². The molecule has 0 atom stereocenters. The summed E-state index contributed by atoms with van der Waals surface area (Å²) < 4.78 is 0. The van der Waals surface area contributed by atoms with E-state index in [-0.39, 0.29) is 5.91 Å². The minimum atomic E-state index is -0.179. The normalized spacial score (nSPS) is 10.2. The van der Waals surface area contributed by atoms with E-state index < -0.39 is 0 Å². The lowest BCUT2D eigenvalue weighted by atomic mass is 10.1. The van der Waals surface area contributed by atoms with E-state index in [1.165, 1.54) is 0 Å². The molecular weight excluding hydrogens is 286 g/mol. The van der Waals surface area contributed by atoms with Gasteiger partial charge in [0.1, 0.15) is 0 Å². The fraction of sp³-hybridized carbons (Fsp3) is 0.250. The maximum atomic E-state index is 12.4. The molecule has 0 saturated heterocycles. The number of aromatic nitrogens is 1. The molecule has 0 bridgehead atoms. The predicted molar refractivity (Wildman–Crippen MR) is 87.2 cm³/mol. The van der Waals surface area contributed by atoms with Gasteiger partial charge in [0.15, 0.2) is 0 Å². The number of halogens is 1. The van der Waals surface area contributed by atoms with E-state index in [1.54, 1.807) is 24.5 Å². The van der Waals surface area contributed by atoms with Gasteiger partial charge in [-0.05, 0) is 37.1 Å². The summed E-state index contributed by atoms with van der Waals surface area (Å²) in [5.74, 6) is -0.179. The molecule has 1 heterocycles. The summed E-state index contributed by atoms with van der Waals surface area (Å²) >= 11 is 6.07. The molecule has 1 aromatic heterocycles. The minimum Gasteiger partial charge on any atom is -0.383 e. The van der Waals surface area contributed by atoms with E-state index in [0.717, 1.165) is 24.2 Å². The molecular formula is C16H18ClN3O. The molecule has 2 rings (SSSR count). The number of carbonyl (C=O) groups excluding carboxylic acids is 1. The zero-order valence-electron chi connectivity index (χ0n) is 12.1. The molecule has 0 spiro atoms. The van der Waals surface area contributed by atoms with E-state index in [0.29, 0.717) is 16.3 Å². The molecule has 0 radical (unpaired) electrons. The monoisotopic (exact) mass is 303 g/mol. The van der Waals surface area contributed by atoms with Gasteiger partial charge in [0.05, 0.1) is 17.4 Å². The average molecular weight is 304 g/mol. The van der Waals surface area contributed by atoms with Crippen LogP contribution in [-0.2, 0) is 0 Å². The summed E-state index contributed by atoms with van der Waals surface area (Å²) in [6.07, 6.45) is 4.25. The van der Waals surface area contributed by atoms with Crippen molar-refractivity contribution in [2.24, 2.45) is 0 Å². The van der Waals surface area contributed by atoms with Crippen LogP contribution in [0.1, 0.15) is 29.3 Å². The van der Waals surface area contributed by atoms with Crippen LogP contribution in [0.2, 0.25) is 5.02 Å². The van der Waals surface area contributed by atoms with Crippen LogP contribution in [0.25, 0.3) is 0 Å². The third-order valence-corrected chi connectivity index (χ3v) is 3.56. The van der Waals surface area contributed by atoms with Gasteiger partial charge in [-0.25, -0.2) is 0 Å². The quantitative estimate of drug-likeness (QED) is 0.873. The van der Waals surface area contributed by atoms with Crippen molar-refractivity contribution >= 4 is 28.9 Å². The van der Waals surface area contributed by atoms with E-state index in [1.807, 2.05) is 19.1 Å². The van der Waals surface area contributed by atoms with Gasteiger partial charge < -0.3 is 10.6 Å². The van der Waals surface area contributed by atoms with Crippen LogP contribution < -0.4 is 10.6 Å². The maximum absolute atomic E-state index is 12.4. The van der Waals surface area contributed by atoms with Crippen molar-refractivity contribution in [1.29, 1.82) is 0 Å². The lowest BCUT2D eigenvalue weighted by molar-refractivity contribution is 0.102. The summed E-state index contributed by atoms with van der Waals surface area (Å²) in [5.41, 5.74) is 2.87. The van der Waals surface area contributed by atoms with Crippen molar-refractivity contribution in [1.82, 2.24) is 4.98 Å². The van der Waals surface area contributed by atoms with Crippen molar-refractivity contribution in [2.75, 3.05) is 17.2 Å².